The maximum atomic E-state index is 14.8. The summed E-state index contributed by atoms with van der Waals surface area (Å²) in [6, 6.07) is 2.13. The molecule has 8 nitrogen and oxygen atoms in total. The van der Waals surface area contributed by atoms with Crippen molar-refractivity contribution in [2.45, 2.75) is 91.2 Å². The third-order valence-corrected chi connectivity index (χ3v) is 8.21. The fraction of sp³-hybridized carbons (Fsp3) is 0.679. The minimum atomic E-state index is -0.839. The van der Waals surface area contributed by atoms with Crippen molar-refractivity contribution >= 4 is 17.8 Å². The lowest BCUT2D eigenvalue weighted by atomic mass is 9.75. The molecule has 0 unspecified atom stereocenters. The number of carbonyl (C=O) groups excluding carboxylic acids is 2. The van der Waals surface area contributed by atoms with E-state index in [1.54, 1.807) is 6.92 Å². The summed E-state index contributed by atoms with van der Waals surface area (Å²) in [6.07, 6.45) is 4.60. The second-order valence-electron chi connectivity index (χ2n) is 11.5. The highest BCUT2D eigenvalue weighted by molar-refractivity contribution is 5.98. The van der Waals surface area contributed by atoms with Gasteiger partial charge in [-0.3, -0.25) is 14.4 Å². The number of carboxylic acids is 1. The van der Waals surface area contributed by atoms with Gasteiger partial charge in [-0.15, -0.1) is 0 Å². The van der Waals surface area contributed by atoms with Crippen molar-refractivity contribution in [2.24, 2.45) is 16.7 Å². The van der Waals surface area contributed by atoms with Crippen LogP contribution in [0.25, 0.3) is 0 Å². The van der Waals surface area contributed by atoms with E-state index in [2.05, 4.69) is 31.4 Å². The van der Waals surface area contributed by atoms with E-state index >= 15 is 0 Å². The van der Waals surface area contributed by atoms with Gasteiger partial charge >= 0.3 is 5.97 Å². The molecule has 3 rings (SSSR count). The zero-order valence-corrected chi connectivity index (χ0v) is 22.6. The topological polar surface area (TPSA) is 114 Å². The van der Waals surface area contributed by atoms with Crippen LogP contribution >= 0.6 is 0 Å². The van der Waals surface area contributed by atoms with Gasteiger partial charge in [0.15, 0.2) is 11.6 Å². The van der Waals surface area contributed by atoms with Crippen LogP contribution in [0.4, 0.5) is 4.39 Å². The average molecular weight is 521 g/mol. The number of methoxy groups -OCH3 is 1. The van der Waals surface area contributed by atoms with Crippen LogP contribution in [-0.2, 0) is 9.59 Å². The second kappa shape index (κ2) is 11.7. The molecule has 206 valence electrons. The quantitative estimate of drug-likeness (QED) is 0.412. The first-order valence-corrected chi connectivity index (χ1v) is 13.3. The van der Waals surface area contributed by atoms with Crippen LogP contribution in [0.1, 0.15) is 89.4 Å². The van der Waals surface area contributed by atoms with Gasteiger partial charge in [-0.25, -0.2) is 4.39 Å². The van der Waals surface area contributed by atoms with E-state index in [0.29, 0.717) is 45.1 Å². The second-order valence-corrected chi connectivity index (χ2v) is 11.5. The lowest BCUT2D eigenvalue weighted by molar-refractivity contribution is -0.150. The minimum Gasteiger partial charge on any atom is -0.496 e. The van der Waals surface area contributed by atoms with Crippen LogP contribution in [0, 0.1) is 22.6 Å². The number of carboxylic acid groups (broad SMARTS) is 1. The van der Waals surface area contributed by atoms with Gasteiger partial charge in [0.1, 0.15) is 5.75 Å². The smallest absolute Gasteiger partial charge is 0.309 e. The van der Waals surface area contributed by atoms with Crippen molar-refractivity contribution in [3.63, 3.8) is 0 Å². The van der Waals surface area contributed by atoms with Gasteiger partial charge in [0.25, 0.3) is 5.91 Å². The Morgan fingerprint density at radius 3 is 2.41 bits per heavy atom. The Balaban J connectivity index is 1.69. The van der Waals surface area contributed by atoms with Gasteiger partial charge in [-0.05, 0) is 63.4 Å². The summed E-state index contributed by atoms with van der Waals surface area (Å²) in [5.41, 5.74) is -0.682. The molecule has 0 bridgehead atoms. The monoisotopic (exact) mass is 520 g/mol. The molecule has 2 amide bonds. The molecule has 1 aromatic carbocycles. The van der Waals surface area contributed by atoms with Crippen LogP contribution in [0.5, 0.6) is 11.5 Å². The molecule has 0 spiro atoms. The average Bonchev–Trinajstić information content (AvgIpc) is 3.32. The number of hydrogen-bond donors (Lipinski definition) is 3. The first-order chi connectivity index (χ1) is 17.4. The number of hydrogen-bond acceptors (Lipinski definition) is 5. The molecule has 0 saturated heterocycles. The molecule has 0 heterocycles. The third kappa shape index (κ3) is 6.93. The molecule has 0 radical (unpaired) electrons. The first kappa shape index (κ1) is 28.7. The molecule has 2 atom stereocenters. The highest BCUT2D eigenvalue weighted by Gasteiger charge is 2.39. The lowest BCUT2D eigenvalue weighted by Gasteiger charge is -2.34. The molecular formula is C28H41FN2O6. The Kier molecular flexibility index (Phi) is 9.08. The van der Waals surface area contributed by atoms with E-state index in [1.807, 2.05) is 0 Å². The van der Waals surface area contributed by atoms with Crippen molar-refractivity contribution in [3.8, 4) is 11.5 Å². The standard InChI is InChI=1S/C28H41FN2O6/c1-6-27(2,3)16-30-24(32)18-8-7-9-21(18)31-25(33)19-14-23(20(29)15-22(19)36-5)37-17-10-12-28(4,13-11-17)26(34)35/h14-15,17-18,21H,6-13,16H2,1-5H3,(H,30,32)(H,31,33)(H,34,35)/t17-,18-,21+,28+/m0/s1. The Morgan fingerprint density at radius 1 is 1.14 bits per heavy atom. The van der Waals surface area contributed by atoms with E-state index in [4.69, 9.17) is 9.47 Å². The molecule has 1 aromatic rings. The Hall–Kier alpha value is -2.84. The van der Waals surface area contributed by atoms with Crippen molar-refractivity contribution in [2.75, 3.05) is 13.7 Å². The Bertz CT molecular complexity index is 1000. The summed E-state index contributed by atoms with van der Waals surface area (Å²) >= 11 is 0. The van der Waals surface area contributed by atoms with E-state index in [0.717, 1.165) is 18.9 Å². The van der Waals surface area contributed by atoms with Crippen molar-refractivity contribution < 1.29 is 33.4 Å². The molecule has 2 aliphatic carbocycles. The number of halogens is 1. The zero-order chi connectivity index (χ0) is 27.4. The molecule has 2 fully saturated rings. The van der Waals surface area contributed by atoms with Gasteiger partial charge in [0.2, 0.25) is 5.91 Å². The number of benzene rings is 1. The lowest BCUT2D eigenvalue weighted by Crippen LogP contribution is -2.45. The largest absolute Gasteiger partial charge is 0.496 e. The number of aliphatic carboxylic acids is 1. The third-order valence-electron chi connectivity index (χ3n) is 8.21. The van der Waals surface area contributed by atoms with Crippen LogP contribution < -0.4 is 20.1 Å². The normalized spacial score (nSPS) is 25.8. The zero-order valence-electron chi connectivity index (χ0n) is 22.6. The van der Waals surface area contributed by atoms with E-state index in [9.17, 15) is 23.9 Å². The molecule has 3 N–H and O–H groups in total. The van der Waals surface area contributed by atoms with Gasteiger partial charge in [0, 0.05) is 18.7 Å². The summed E-state index contributed by atoms with van der Waals surface area (Å²) in [5.74, 6) is -2.34. The van der Waals surface area contributed by atoms with Crippen molar-refractivity contribution in [1.29, 1.82) is 0 Å². The van der Waals surface area contributed by atoms with E-state index < -0.39 is 23.1 Å². The number of ether oxygens (including phenoxy) is 2. The summed E-state index contributed by atoms with van der Waals surface area (Å²) in [5, 5.41) is 15.4. The number of rotatable bonds is 10. The Labute approximate surface area is 218 Å². The molecule has 37 heavy (non-hydrogen) atoms. The fourth-order valence-electron chi connectivity index (χ4n) is 4.99. The molecule has 9 heteroatoms. The number of nitrogens with one attached hydrogen (secondary N) is 2. The predicted molar refractivity (Wildman–Crippen MR) is 137 cm³/mol. The van der Waals surface area contributed by atoms with Crippen LogP contribution in [0.3, 0.4) is 0 Å². The summed E-state index contributed by atoms with van der Waals surface area (Å²) in [4.78, 5) is 37.6. The first-order valence-electron chi connectivity index (χ1n) is 13.3. The number of carbonyl (C=O) groups is 3. The van der Waals surface area contributed by atoms with Gasteiger partial charge in [-0.1, -0.05) is 27.2 Å². The molecular weight excluding hydrogens is 479 g/mol. The van der Waals surface area contributed by atoms with Gasteiger partial charge < -0.3 is 25.2 Å². The minimum absolute atomic E-state index is 0.00449. The van der Waals surface area contributed by atoms with Crippen molar-refractivity contribution in [1.82, 2.24) is 10.6 Å². The SMILES string of the molecule is CCC(C)(C)CNC(=O)[C@H]1CCC[C@H]1NC(=O)c1cc(O[C@H]2CC[C@@](C)(C(=O)O)CC2)c(F)cc1OC. The highest BCUT2D eigenvalue weighted by atomic mass is 19.1. The summed E-state index contributed by atoms with van der Waals surface area (Å²) in [7, 11) is 1.36. The fourth-order valence-corrected chi connectivity index (χ4v) is 4.99. The predicted octanol–water partition coefficient (Wildman–Crippen LogP) is 4.70. The van der Waals surface area contributed by atoms with E-state index in [1.165, 1.54) is 13.2 Å². The highest BCUT2D eigenvalue weighted by Crippen LogP contribution is 2.38. The molecule has 0 aliphatic heterocycles. The van der Waals surface area contributed by atoms with Crippen molar-refractivity contribution in [3.05, 3.63) is 23.5 Å². The van der Waals surface area contributed by atoms with Crippen LogP contribution in [0.2, 0.25) is 0 Å². The number of amides is 2. The van der Waals surface area contributed by atoms with Crippen LogP contribution in [0.15, 0.2) is 12.1 Å². The maximum Gasteiger partial charge on any atom is 0.309 e. The van der Waals surface area contributed by atoms with Crippen LogP contribution in [-0.4, -0.2) is 48.7 Å². The Morgan fingerprint density at radius 2 is 1.81 bits per heavy atom. The van der Waals surface area contributed by atoms with Gasteiger partial charge in [0.05, 0.1) is 30.1 Å². The molecule has 0 aromatic heterocycles. The molecule has 2 aliphatic rings. The van der Waals surface area contributed by atoms with E-state index in [-0.39, 0.29) is 46.4 Å². The summed E-state index contributed by atoms with van der Waals surface area (Å²) < 4.78 is 26.0. The maximum absolute atomic E-state index is 14.8. The van der Waals surface area contributed by atoms with Gasteiger partial charge in [-0.2, -0.15) is 0 Å². The summed E-state index contributed by atoms with van der Waals surface area (Å²) in [6.45, 7) is 8.56. The molecule has 2 saturated carbocycles.